The second kappa shape index (κ2) is 7.25. The maximum atomic E-state index is 12.8. The molecule has 1 amide bonds. The molecule has 1 aliphatic rings. The average molecular weight is 380 g/mol. The van der Waals surface area contributed by atoms with Crippen LogP contribution >= 0.6 is 0 Å². The number of aromatic nitrogens is 1. The summed E-state index contributed by atoms with van der Waals surface area (Å²) < 4.78 is 0. The van der Waals surface area contributed by atoms with Crippen molar-refractivity contribution in [3.05, 3.63) is 95.6 Å². The van der Waals surface area contributed by atoms with Crippen molar-refractivity contribution in [2.75, 3.05) is 0 Å². The maximum Gasteiger partial charge on any atom is 0.223 e. The first-order valence-electron chi connectivity index (χ1n) is 10.2. The molecular weight excluding hydrogens is 356 g/mol. The molecule has 1 aromatic heterocycles. The maximum absolute atomic E-state index is 12.8. The van der Waals surface area contributed by atoms with Crippen molar-refractivity contribution in [2.45, 2.75) is 32.4 Å². The van der Waals surface area contributed by atoms with Crippen molar-refractivity contribution in [1.29, 1.82) is 0 Å². The van der Waals surface area contributed by atoms with Crippen molar-refractivity contribution in [3.63, 3.8) is 0 Å². The van der Waals surface area contributed by atoms with Crippen LogP contribution in [-0.4, -0.2) is 15.8 Å². The summed E-state index contributed by atoms with van der Waals surface area (Å²) in [4.78, 5) is 18.5. The van der Waals surface area contributed by atoms with Crippen LogP contribution in [0.3, 0.4) is 0 Å². The van der Waals surface area contributed by atoms with E-state index in [1.54, 1.807) is 0 Å². The molecule has 3 aromatic carbocycles. The molecule has 0 aliphatic carbocycles. The number of carbonyl (C=O) groups is 1. The Bertz CT molecular complexity index is 1160. The SMILES string of the molecule is Cc1ccc(-c2[nH]c3ccccc3c2[C@H]2CCC(=O)N2Cc2ccccc2)cc1. The van der Waals surface area contributed by atoms with Gasteiger partial charge in [-0.05, 0) is 30.5 Å². The molecule has 0 spiro atoms. The summed E-state index contributed by atoms with van der Waals surface area (Å²) in [6.45, 7) is 2.75. The lowest BCUT2D eigenvalue weighted by molar-refractivity contribution is -0.129. The second-order valence-electron chi connectivity index (χ2n) is 7.89. The van der Waals surface area contributed by atoms with Crippen LogP contribution in [0.15, 0.2) is 78.9 Å². The number of hydrogen-bond acceptors (Lipinski definition) is 1. The predicted octanol–water partition coefficient (Wildman–Crippen LogP) is 6.01. The molecule has 1 atom stereocenters. The Hall–Kier alpha value is -3.33. The molecule has 29 heavy (non-hydrogen) atoms. The Morgan fingerprint density at radius 1 is 0.931 bits per heavy atom. The van der Waals surface area contributed by atoms with Gasteiger partial charge >= 0.3 is 0 Å². The fraction of sp³-hybridized carbons (Fsp3) is 0.192. The molecule has 3 nitrogen and oxygen atoms in total. The smallest absolute Gasteiger partial charge is 0.223 e. The van der Waals surface area contributed by atoms with Gasteiger partial charge in [0, 0.05) is 29.4 Å². The lowest BCUT2D eigenvalue weighted by Gasteiger charge is -2.26. The van der Waals surface area contributed by atoms with Gasteiger partial charge in [0.05, 0.1) is 11.7 Å². The van der Waals surface area contributed by atoms with E-state index in [9.17, 15) is 4.79 Å². The van der Waals surface area contributed by atoms with Crippen molar-refractivity contribution in [1.82, 2.24) is 9.88 Å². The molecule has 2 heterocycles. The van der Waals surface area contributed by atoms with Gasteiger partial charge in [0.15, 0.2) is 0 Å². The summed E-state index contributed by atoms with van der Waals surface area (Å²) in [5.74, 6) is 0.235. The Morgan fingerprint density at radius 2 is 1.66 bits per heavy atom. The van der Waals surface area contributed by atoms with Crippen LogP contribution in [0, 0.1) is 6.92 Å². The minimum Gasteiger partial charge on any atom is -0.354 e. The highest BCUT2D eigenvalue weighted by atomic mass is 16.2. The Kier molecular flexibility index (Phi) is 4.44. The van der Waals surface area contributed by atoms with Crippen LogP contribution in [0.5, 0.6) is 0 Å². The number of amides is 1. The van der Waals surface area contributed by atoms with E-state index in [-0.39, 0.29) is 11.9 Å². The molecule has 1 aliphatic heterocycles. The number of aromatic amines is 1. The second-order valence-corrected chi connectivity index (χ2v) is 7.89. The van der Waals surface area contributed by atoms with Crippen molar-refractivity contribution in [2.24, 2.45) is 0 Å². The monoisotopic (exact) mass is 380 g/mol. The van der Waals surface area contributed by atoms with Gasteiger partial charge in [-0.3, -0.25) is 4.79 Å². The quantitative estimate of drug-likeness (QED) is 0.463. The number of rotatable bonds is 4. The standard InChI is InChI=1S/C26H24N2O/c1-18-11-13-20(14-12-18)26-25(21-9-5-6-10-22(21)27-26)23-15-16-24(29)28(23)17-19-7-3-2-4-8-19/h2-14,23,27H,15-17H2,1H3/t23-/m1/s1. The van der Waals surface area contributed by atoms with Crippen LogP contribution in [0.1, 0.15) is 35.6 Å². The van der Waals surface area contributed by atoms with Crippen LogP contribution < -0.4 is 0 Å². The molecule has 0 radical (unpaired) electrons. The number of benzene rings is 3. The Balaban J connectivity index is 1.64. The molecule has 5 rings (SSSR count). The lowest BCUT2D eigenvalue weighted by Crippen LogP contribution is -2.27. The number of aryl methyl sites for hydroxylation is 1. The number of fused-ring (bicyclic) bond motifs is 1. The van der Waals surface area contributed by atoms with E-state index in [2.05, 4.69) is 77.5 Å². The first-order valence-corrected chi connectivity index (χ1v) is 10.2. The molecule has 0 bridgehead atoms. The molecular formula is C26H24N2O. The van der Waals surface area contributed by atoms with Gasteiger partial charge in [0.25, 0.3) is 0 Å². The number of carbonyl (C=O) groups excluding carboxylic acids is 1. The van der Waals surface area contributed by atoms with Crippen molar-refractivity contribution in [3.8, 4) is 11.3 Å². The van der Waals surface area contributed by atoms with Gasteiger partial charge < -0.3 is 9.88 Å². The van der Waals surface area contributed by atoms with E-state index in [4.69, 9.17) is 0 Å². The fourth-order valence-corrected chi connectivity index (χ4v) is 4.47. The van der Waals surface area contributed by atoms with E-state index in [1.165, 1.54) is 27.6 Å². The summed E-state index contributed by atoms with van der Waals surface area (Å²) in [6.07, 6.45) is 1.46. The van der Waals surface area contributed by atoms with Crippen molar-refractivity contribution < 1.29 is 4.79 Å². The number of nitrogens with one attached hydrogen (secondary N) is 1. The number of H-pyrrole nitrogens is 1. The fourth-order valence-electron chi connectivity index (χ4n) is 4.47. The molecule has 3 heteroatoms. The Labute approximate surface area is 171 Å². The highest BCUT2D eigenvalue weighted by molar-refractivity contribution is 5.92. The minimum absolute atomic E-state index is 0.0789. The van der Waals surface area contributed by atoms with Gasteiger partial charge in [0.2, 0.25) is 5.91 Å². The minimum atomic E-state index is 0.0789. The Morgan fingerprint density at radius 3 is 2.45 bits per heavy atom. The lowest BCUT2D eigenvalue weighted by atomic mass is 9.96. The van der Waals surface area contributed by atoms with Crippen molar-refractivity contribution >= 4 is 16.8 Å². The van der Waals surface area contributed by atoms with Crippen LogP contribution in [0.25, 0.3) is 22.2 Å². The first-order chi connectivity index (χ1) is 14.2. The number of hydrogen-bond donors (Lipinski definition) is 1. The zero-order valence-electron chi connectivity index (χ0n) is 16.6. The van der Waals surface area contributed by atoms with E-state index >= 15 is 0 Å². The highest BCUT2D eigenvalue weighted by Gasteiger charge is 2.35. The average Bonchev–Trinajstić information content (AvgIpc) is 3.30. The largest absolute Gasteiger partial charge is 0.354 e. The van der Waals surface area contributed by atoms with Crippen LogP contribution in [0.4, 0.5) is 0 Å². The molecule has 1 fully saturated rings. The molecule has 1 N–H and O–H groups in total. The van der Waals surface area contributed by atoms with Gasteiger partial charge in [-0.15, -0.1) is 0 Å². The number of nitrogens with zero attached hydrogens (tertiary/aromatic N) is 1. The molecule has 144 valence electrons. The molecule has 4 aromatic rings. The zero-order valence-corrected chi connectivity index (χ0v) is 16.6. The van der Waals surface area contributed by atoms with Crippen LogP contribution in [0.2, 0.25) is 0 Å². The molecule has 0 unspecified atom stereocenters. The zero-order chi connectivity index (χ0) is 19.8. The first kappa shape index (κ1) is 17.7. The molecule has 0 saturated carbocycles. The van der Waals surface area contributed by atoms with E-state index in [1.807, 2.05) is 18.2 Å². The summed E-state index contributed by atoms with van der Waals surface area (Å²) in [7, 11) is 0. The highest BCUT2D eigenvalue weighted by Crippen LogP contribution is 2.43. The molecule has 1 saturated heterocycles. The van der Waals surface area contributed by atoms with E-state index in [0.717, 1.165) is 17.6 Å². The predicted molar refractivity (Wildman–Crippen MR) is 117 cm³/mol. The van der Waals surface area contributed by atoms with Gasteiger partial charge in [0.1, 0.15) is 0 Å². The summed E-state index contributed by atoms with van der Waals surface area (Å²) >= 11 is 0. The van der Waals surface area contributed by atoms with Gasteiger partial charge in [-0.2, -0.15) is 0 Å². The topological polar surface area (TPSA) is 36.1 Å². The van der Waals surface area contributed by atoms with Gasteiger partial charge in [-0.1, -0.05) is 78.4 Å². The van der Waals surface area contributed by atoms with Gasteiger partial charge in [-0.25, -0.2) is 0 Å². The summed E-state index contributed by atoms with van der Waals surface area (Å²) in [5.41, 5.74) is 7.07. The third-order valence-corrected chi connectivity index (χ3v) is 5.94. The summed E-state index contributed by atoms with van der Waals surface area (Å²) in [6, 6.07) is 27.4. The normalized spacial score (nSPS) is 16.7. The van der Waals surface area contributed by atoms with Crippen LogP contribution in [-0.2, 0) is 11.3 Å². The number of likely N-dealkylation sites (tertiary alicyclic amines) is 1. The van der Waals surface area contributed by atoms with E-state index < -0.39 is 0 Å². The van der Waals surface area contributed by atoms with E-state index in [0.29, 0.717) is 13.0 Å². The summed E-state index contributed by atoms with van der Waals surface area (Å²) in [5, 5.41) is 1.21. The third-order valence-electron chi connectivity index (χ3n) is 5.94. The number of para-hydroxylation sites is 1. The third kappa shape index (κ3) is 3.23.